The number of methoxy groups -OCH3 is 1. The van der Waals surface area contributed by atoms with Gasteiger partial charge in [-0.1, -0.05) is 0 Å². The van der Waals surface area contributed by atoms with Gasteiger partial charge in [0.1, 0.15) is 0 Å². The van der Waals surface area contributed by atoms with Crippen molar-refractivity contribution in [3.05, 3.63) is 33.7 Å². The quantitative estimate of drug-likeness (QED) is 0.586. The Bertz CT molecular complexity index is 701. The van der Waals surface area contributed by atoms with Crippen molar-refractivity contribution in [2.75, 3.05) is 12.8 Å². The van der Waals surface area contributed by atoms with Crippen LogP contribution >= 0.6 is 0 Å². The molecule has 0 fully saturated rings. The van der Waals surface area contributed by atoms with Crippen molar-refractivity contribution in [1.29, 1.82) is 0 Å². The van der Waals surface area contributed by atoms with Crippen LogP contribution in [0, 0.1) is 6.92 Å². The Morgan fingerprint density at radius 1 is 1.37 bits per heavy atom. The Balaban J connectivity index is 2.71. The molecule has 2 rings (SSSR count). The molecule has 2 aromatic rings. The Morgan fingerprint density at radius 3 is 2.58 bits per heavy atom. The van der Waals surface area contributed by atoms with Crippen molar-refractivity contribution < 1.29 is 9.53 Å². The molecule has 1 aromatic carbocycles. The van der Waals surface area contributed by atoms with Crippen molar-refractivity contribution >= 4 is 11.7 Å². The normalized spacial score (nSPS) is 10.5. The molecule has 0 radical (unpaired) electrons. The molecular weight excluding hydrogens is 250 g/mol. The van der Waals surface area contributed by atoms with Crippen LogP contribution in [0.1, 0.15) is 15.9 Å². The van der Waals surface area contributed by atoms with Crippen LogP contribution in [-0.2, 0) is 11.8 Å². The Kier molecular flexibility index (Phi) is 3.07. The number of benzene rings is 1. The number of nitrogen functional groups attached to an aromatic ring is 1. The molecule has 0 saturated carbocycles. The van der Waals surface area contributed by atoms with E-state index in [9.17, 15) is 9.59 Å². The Morgan fingerprint density at radius 2 is 2.05 bits per heavy atom. The van der Waals surface area contributed by atoms with E-state index in [1.165, 1.54) is 20.2 Å². The first-order valence-corrected chi connectivity index (χ1v) is 5.43. The van der Waals surface area contributed by atoms with E-state index in [0.29, 0.717) is 16.9 Å². The van der Waals surface area contributed by atoms with Crippen molar-refractivity contribution in [1.82, 2.24) is 19.8 Å². The number of hydrogen-bond donors (Lipinski definition) is 1. The summed E-state index contributed by atoms with van der Waals surface area (Å²) in [4.78, 5) is 23.5. The predicted molar refractivity (Wildman–Crippen MR) is 67.1 cm³/mol. The van der Waals surface area contributed by atoms with Gasteiger partial charge in [-0.25, -0.2) is 9.59 Å². The fraction of sp³-hybridized carbons (Fsp3) is 0.273. The average Bonchev–Trinajstić information content (AvgIpc) is 2.71. The van der Waals surface area contributed by atoms with E-state index in [4.69, 9.17) is 5.73 Å². The molecule has 19 heavy (non-hydrogen) atoms. The molecule has 1 heterocycles. The molecule has 0 bridgehead atoms. The minimum absolute atomic E-state index is 0.287. The van der Waals surface area contributed by atoms with Gasteiger partial charge >= 0.3 is 11.7 Å². The molecule has 100 valence electrons. The maximum Gasteiger partial charge on any atom is 0.368 e. The smallest absolute Gasteiger partial charge is 0.368 e. The zero-order valence-electron chi connectivity index (χ0n) is 10.7. The SMILES string of the molecule is COC(=O)c1cc(N)cc(-n2nnn(C)c2=O)c1C. The van der Waals surface area contributed by atoms with E-state index in [-0.39, 0.29) is 5.56 Å². The monoisotopic (exact) mass is 263 g/mol. The molecule has 0 unspecified atom stereocenters. The van der Waals surface area contributed by atoms with Gasteiger partial charge in [0.25, 0.3) is 0 Å². The third-order valence-corrected chi connectivity index (χ3v) is 2.76. The number of aryl methyl sites for hydroxylation is 1. The van der Waals surface area contributed by atoms with Crippen LogP contribution in [0.3, 0.4) is 0 Å². The van der Waals surface area contributed by atoms with Crippen molar-refractivity contribution in [2.24, 2.45) is 7.05 Å². The Labute approximate surface area is 108 Å². The highest BCUT2D eigenvalue weighted by atomic mass is 16.5. The molecule has 8 nitrogen and oxygen atoms in total. The Hall–Kier alpha value is -2.64. The number of esters is 1. The van der Waals surface area contributed by atoms with Crippen LogP contribution in [0.2, 0.25) is 0 Å². The summed E-state index contributed by atoms with van der Waals surface area (Å²) in [6.07, 6.45) is 0. The summed E-state index contributed by atoms with van der Waals surface area (Å²) >= 11 is 0. The van der Waals surface area contributed by atoms with Crippen LogP contribution in [0.25, 0.3) is 5.69 Å². The lowest BCUT2D eigenvalue weighted by Crippen LogP contribution is -2.23. The van der Waals surface area contributed by atoms with Gasteiger partial charge in [0.15, 0.2) is 0 Å². The van der Waals surface area contributed by atoms with Crippen LogP contribution in [0.5, 0.6) is 0 Å². The summed E-state index contributed by atoms with van der Waals surface area (Å²) in [5, 5.41) is 7.34. The van der Waals surface area contributed by atoms with E-state index in [0.717, 1.165) is 9.36 Å². The van der Waals surface area contributed by atoms with Crippen LogP contribution in [0.15, 0.2) is 16.9 Å². The summed E-state index contributed by atoms with van der Waals surface area (Å²) < 4.78 is 6.84. The molecule has 0 saturated heterocycles. The van der Waals surface area contributed by atoms with Crippen LogP contribution in [0.4, 0.5) is 5.69 Å². The molecule has 0 amide bonds. The molecule has 8 heteroatoms. The maximum absolute atomic E-state index is 11.8. The first kappa shape index (κ1) is 12.8. The number of tetrazole rings is 1. The molecule has 1 aromatic heterocycles. The predicted octanol–water partition coefficient (Wildman–Crippen LogP) is -0.357. The number of carbonyl (C=O) groups is 1. The number of aromatic nitrogens is 4. The second-order valence-electron chi connectivity index (χ2n) is 4.00. The van der Waals surface area contributed by atoms with Crippen LogP contribution in [-0.4, -0.2) is 32.9 Å². The lowest BCUT2D eigenvalue weighted by molar-refractivity contribution is 0.0600. The lowest BCUT2D eigenvalue weighted by Gasteiger charge is -2.10. The zero-order valence-corrected chi connectivity index (χ0v) is 10.7. The summed E-state index contributed by atoms with van der Waals surface area (Å²) in [5.74, 6) is -0.525. The van der Waals surface area contributed by atoms with Crippen molar-refractivity contribution in [3.8, 4) is 5.69 Å². The fourth-order valence-corrected chi connectivity index (χ4v) is 1.73. The highest BCUT2D eigenvalue weighted by Crippen LogP contribution is 2.21. The summed E-state index contributed by atoms with van der Waals surface area (Å²) in [6.45, 7) is 1.68. The van der Waals surface area contributed by atoms with Gasteiger partial charge in [-0.3, -0.25) is 0 Å². The minimum Gasteiger partial charge on any atom is -0.465 e. The van der Waals surface area contributed by atoms with Gasteiger partial charge in [0.05, 0.1) is 18.4 Å². The van der Waals surface area contributed by atoms with Gasteiger partial charge in [0.2, 0.25) is 0 Å². The second-order valence-corrected chi connectivity index (χ2v) is 4.00. The van der Waals surface area contributed by atoms with E-state index in [1.807, 2.05) is 0 Å². The van der Waals surface area contributed by atoms with Crippen molar-refractivity contribution in [3.63, 3.8) is 0 Å². The lowest BCUT2D eigenvalue weighted by atomic mass is 10.1. The number of nitrogens with two attached hydrogens (primary N) is 1. The zero-order chi connectivity index (χ0) is 14.2. The van der Waals surface area contributed by atoms with Crippen molar-refractivity contribution in [2.45, 2.75) is 6.92 Å². The van der Waals surface area contributed by atoms with E-state index in [2.05, 4.69) is 15.2 Å². The fourth-order valence-electron chi connectivity index (χ4n) is 1.73. The number of anilines is 1. The van der Waals surface area contributed by atoms with E-state index < -0.39 is 11.7 Å². The standard InChI is InChI=1S/C11H13N5O3/c1-6-8(10(17)19-3)4-7(12)5-9(6)16-11(18)15(2)13-14-16/h4-5H,12H2,1-3H3. The van der Waals surface area contributed by atoms with E-state index >= 15 is 0 Å². The maximum atomic E-state index is 11.8. The number of nitrogens with zero attached hydrogens (tertiary/aromatic N) is 4. The highest BCUT2D eigenvalue weighted by molar-refractivity contribution is 5.93. The number of hydrogen-bond acceptors (Lipinski definition) is 6. The van der Waals surface area contributed by atoms with Gasteiger partial charge in [0, 0.05) is 12.7 Å². The van der Waals surface area contributed by atoms with Gasteiger partial charge in [-0.15, -0.1) is 0 Å². The van der Waals surface area contributed by atoms with E-state index in [1.54, 1.807) is 13.0 Å². The number of rotatable bonds is 2. The van der Waals surface area contributed by atoms with Crippen LogP contribution < -0.4 is 11.4 Å². The van der Waals surface area contributed by atoms with Gasteiger partial charge in [-0.2, -0.15) is 9.36 Å². The van der Waals surface area contributed by atoms with Gasteiger partial charge in [-0.05, 0) is 35.0 Å². The summed E-state index contributed by atoms with van der Waals surface area (Å²) in [6, 6.07) is 3.05. The number of carbonyl (C=O) groups excluding carboxylic acids is 1. The molecule has 0 aliphatic carbocycles. The minimum atomic E-state index is -0.525. The topological polar surface area (TPSA) is 105 Å². The largest absolute Gasteiger partial charge is 0.465 e. The number of ether oxygens (including phenoxy) is 1. The summed E-state index contributed by atoms with van der Waals surface area (Å²) in [7, 11) is 2.76. The molecule has 0 atom stereocenters. The third kappa shape index (κ3) is 2.07. The third-order valence-electron chi connectivity index (χ3n) is 2.76. The molecule has 0 aliphatic rings. The second kappa shape index (κ2) is 4.56. The molecule has 0 aliphatic heterocycles. The average molecular weight is 263 g/mol. The molecule has 0 spiro atoms. The van der Waals surface area contributed by atoms with Gasteiger partial charge < -0.3 is 10.5 Å². The molecule has 2 N–H and O–H groups in total. The highest BCUT2D eigenvalue weighted by Gasteiger charge is 2.17. The molecular formula is C11H13N5O3. The first-order valence-electron chi connectivity index (χ1n) is 5.43. The first-order chi connectivity index (χ1) is 8.95. The summed E-state index contributed by atoms with van der Waals surface area (Å²) in [5.41, 5.74) is 6.88.